The predicted octanol–water partition coefficient (Wildman–Crippen LogP) is -2.82. The van der Waals surface area contributed by atoms with Crippen molar-refractivity contribution in [3.63, 3.8) is 0 Å². The van der Waals surface area contributed by atoms with Crippen LogP contribution in [0, 0.1) is 15.3 Å². The molecule has 0 radical (unpaired) electrons. The van der Waals surface area contributed by atoms with Gasteiger partial charge >= 0.3 is 0 Å². The topological polar surface area (TPSA) is 129 Å². The molecule has 0 aliphatic carbocycles. The van der Waals surface area contributed by atoms with Gasteiger partial charge in [-0.05, 0) is 0 Å². The highest BCUT2D eigenvalue weighted by Crippen LogP contribution is 1.44. The lowest BCUT2D eigenvalue weighted by atomic mass is 10.7. The molecule has 56 valence electrons. The van der Waals surface area contributed by atoms with E-state index in [1.165, 1.54) is 5.43 Å². The molecule has 0 bridgehead atoms. The fourth-order valence-corrected chi connectivity index (χ4v) is 0.0745. The lowest BCUT2D eigenvalue weighted by Gasteiger charge is -1.81. The zero-order valence-corrected chi connectivity index (χ0v) is 4.69. The third-order valence-corrected chi connectivity index (χ3v) is 0.296. The molecular weight excluding hydrogens is 130 g/mol. The van der Waals surface area contributed by atoms with Gasteiger partial charge in [0.1, 0.15) is 6.54 Å². The quantitative estimate of drug-likeness (QED) is 0.216. The van der Waals surface area contributed by atoms with Crippen molar-refractivity contribution >= 4 is 0 Å². The molecule has 9 heavy (non-hydrogen) atoms. The van der Waals surface area contributed by atoms with Gasteiger partial charge in [-0.25, -0.2) is 0 Å². The summed E-state index contributed by atoms with van der Waals surface area (Å²) < 4.78 is 0. The molecule has 0 aromatic rings. The van der Waals surface area contributed by atoms with Crippen LogP contribution in [0.5, 0.6) is 0 Å². The molecule has 0 aliphatic heterocycles. The van der Waals surface area contributed by atoms with Crippen LogP contribution in [0.3, 0.4) is 0 Å². The molecule has 0 rings (SSSR count). The van der Waals surface area contributed by atoms with E-state index in [0.29, 0.717) is 6.54 Å². The molecule has 0 aromatic carbocycles. The van der Waals surface area contributed by atoms with E-state index >= 15 is 0 Å². The maximum absolute atomic E-state index is 8.25. The molecule has 0 fully saturated rings. The van der Waals surface area contributed by atoms with Crippen molar-refractivity contribution in [1.29, 1.82) is 0 Å². The summed E-state index contributed by atoms with van der Waals surface area (Å²) in [7, 11) is 0. The normalized spacial score (nSPS) is 7.33. The number of quaternary nitrogens is 1. The molecule has 0 aromatic heterocycles. The van der Waals surface area contributed by atoms with Crippen molar-refractivity contribution in [3.8, 4) is 0 Å². The molecule has 7 heteroatoms. The number of nitrogens with zero attached hydrogens (tertiary/aromatic N) is 1. The lowest BCUT2D eigenvalue weighted by molar-refractivity contribution is -0.668. The van der Waals surface area contributed by atoms with Gasteiger partial charge in [0.05, 0.1) is 11.7 Å². The van der Waals surface area contributed by atoms with Gasteiger partial charge in [0.15, 0.2) is 0 Å². The summed E-state index contributed by atoms with van der Waals surface area (Å²) in [6.45, 7) is 0.760. The van der Waals surface area contributed by atoms with Crippen LogP contribution in [0.1, 0.15) is 0 Å². The van der Waals surface area contributed by atoms with Crippen LogP contribution in [0.15, 0.2) is 0 Å². The Morgan fingerprint density at radius 2 is 2.00 bits per heavy atom. The molecule has 0 aliphatic rings. The monoisotopic (exact) mass is 139 g/mol. The summed E-state index contributed by atoms with van der Waals surface area (Å²) in [4.78, 5) is 8.25. The van der Waals surface area contributed by atoms with Gasteiger partial charge in [0.2, 0.25) is 0 Å². The van der Waals surface area contributed by atoms with Crippen LogP contribution >= 0.6 is 0 Å². The molecule has 7 nitrogen and oxygen atoms in total. The van der Waals surface area contributed by atoms with E-state index in [1.54, 1.807) is 0 Å². The highest BCUT2D eigenvalue weighted by atomic mass is 16.9. The molecule has 0 saturated carbocycles. The Labute approximate surface area is 51.2 Å². The summed E-state index contributed by atoms with van der Waals surface area (Å²) in [6, 6.07) is 0. The zero-order chi connectivity index (χ0) is 7.70. The predicted molar refractivity (Wildman–Crippen MR) is 28.4 cm³/mol. The minimum atomic E-state index is -1.75. The largest absolute Gasteiger partial charge is 0.390 e. The lowest BCUT2D eigenvalue weighted by Crippen LogP contribution is -2.91. The van der Waals surface area contributed by atoms with Crippen LogP contribution < -0.4 is 11.3 Å². The van der Waals surface area contributed by atoms with Gasteiger partial charge in [0.25, 0.3) is 0 Å². The molecule has 0 atom stereocenters. The van der Waals surface area contributed by atoms with E-state index in [-0.39, 0.29) is 6.61 Å². The SMILES string of the molecule is N[NH2+]CCO.O=[N+]([O-])[O-]. The van der Waals surface area contributed by atoms with Crippen molar-refractivity contribution in [2.75, 3.05) is 13.2 Å². The van der Waals surface area contributed by atoms with Crippen LogP contribution in [0.25, 0.3) is 0 Å². The smallest absolute Gasteiger partial charge is 0.116 e. The number of nitrogens with two attached hydrogens (primary N) is 2. The van der Waals surface area contributed by atoms with Gasteiger partial charge < -0.3 is 20.4 Å². The standard InChI is InChI=1S/C2H8N2O.NO3/c3-4-1-2-5;2-1(3)4/h4-5H,1-3H2;/q;-1/p+1. The first-order chi connectivity index (χ1) is 4.15. The highest BCUT2D eigenvalue weighted by Gasteiger charge is 1.70. The number of aliphatic hydroxyl groups excluding tert-OH is 1. The number of hydrogen-bond acceptors (Lipinski definition) is 5. The minimum Gasteiger partial charge on any atom is -0.390 e. The van der Waals surface area contributed by atoms with E-state index in [0.717, 1.165) is 0 Å². The Morgan fingerprint density at radius 3 is 2.00 bits per heavy atom. The average molecular weight is 139 g/mol. The molecule has 0 saturated heterocycles. The van der Waals surface area contributed by atoms with E-state index in [4.69, 9.17) is 26.3 Å². The van der Waals surface area contributed by atoms with E-state index in [2.05, 4.69) is 0 Å². The first kappa shape index (κ1) is 11.0. The van der Waals surface area contributed by atoms with Crippen molar-refractivity contribution in [2.45, 2.75) is 0 Å². The van der Waals surface area contributed by atoms with Gasteiger partial charge in [-0.3, -0.25) is 5.43 Å². The Hall–Kier alpha value is -0.920. The summed E-state index contributed by atoms with van der Waals surface area (Å²) in [5.74, 6) is 4.85. The van der Waals surface area contributed by atoms with Crippen molar-refractivity contribution in [1.82, 2.24) is 0 Å². The number of aliphatic hydroxyl groups is 1. The van der Waals surface area contributed by atoms with Crippen molar-refractivity contribution in [2.24, 2.45) is 5.84 Å². The van der Waals surface area contributed by atoms with Crippen LogP contribution in [-0.4, -0.2) is 23.3 Å². The highest BCUT2D eigenvalue weighted by molar-refractivity contribution is 4.05. The van der Waals surface area contributed by atoms with Gasteiger partial charge in [-0.1, -0.05) is 0 Å². The third kappa shape index (κ3) is 157. The average Bonchev–Trinajstić information content (AvgIpc) is 1.66. The Kier molecular flexibility index (Phi) is 12.3. The number of hydrogen-bond donors (Lipinski definition) is 3. The molecule has 0 unspecified atom stereocenters. The fraction of sp³-hybridized carbons (Fsp3) is 1.00. The maximum atomic E-state index is 8.25. The number of rotatable bonds is 2. The van der Waals surface area contributed by atoms with Gasteiger partial charge in [-0.15, -0.1) is 0 Å². The third-order valence-electron chi connectivity index (χ3n) is 0.296. The first-order valence-electron chi connectivity index (χ1n) is 2.11. The second-order valence-corrected chi connectivity index (χ2v) is 0.972. The van der Waals surface area contributed by atoms with Crippen molar-refractivity contribution < 1.29 is 15.6 Å². The molecule has 0 spiro atoms. The Morgan fingerprint density at radius 1 is 1.67 bits per heavy atom. The van der Waals surface area contributed by atoms with Crippen molar-refractivity contribution in [3.05, 3.63) is 15.3 Å². The molecule has 0 amide bonds. The summed E-state index contributed by atoms with van der Waals surface area (Å²) in [5.41, 5.74) is 1.43. The second kappa shape index (κ2) is 10.1. The maximum Gasteiger partial charge on any atom is 0.116 e. The Bertz CT molecular complexity index is 60.8. The zero-order valence-electron chi connectivity index (χ0n) is 4.69. The Balaban J connectivity index is 0. The van der Waals surface area contributed by atoms with Crippen LogP contribution in [-0.2, 0) is 0 Å². The van der Waals surface area contributed by atoms with Gasteiger partial charge in [0, 0.05) is 0 Å². The van der Waals surface area contributed by atoms with Crippen LogP contribution in [0.2, 0.25) is 0 Å². The molecule has 5 N–H and O–H groups in total. The minimum absolute atomic E-state index is 0.163. The van der Waals surface area contributed by atoms with E-state index in [1.807, 2.05) is 0 Å². The molecular formula is C2H9N3O4. The van der Waals surface area contributed by atoms with Gasteiger partial charge in [-0.2, -0.15) is 5.84 Å². The first-order valence-corrected chi connectivity index (χ1v) is 2.11. The van der Waals surface area contributed by atoms with E-state index < -0.39 is 5.09 Å². The summed E-state index contributed by atoms with van der Waals surface area (Å²) in [6.07, 6.45) is 0. The summed E-state index contributed by atoms with van der Waals surface area (Å²) >= 11 is 0. The van der Waals surface area contributed by atoms with Crippen LogP contribution in [0.4, 0.5) is 0 Å². The fourth-order valence-electron chi connectivity index (χ4n) is 0.0745. The molecule has 0 heterocycles. The van der Waals surface area contributed by atoms with E-state index in [9.17, 15) is 0 Å². The second-order valence-electron chi connectivity index (χ2n) is 0.972. The summed E-state index contributed by atoms with van der Waals surface area (Å²) in [5, 5.41) is 22.7.